The third kappa shape index (κ3) is 4.41. The fourth-order valence-corrected chi connectivity index (χ4v) is 2.13. The maximum Gasteiger partial charge on any atom is 0.243 e. The van der Waals surface area contributed by atoms with Crippen LogP contribution in [0, 0.1) is 6.92 Å². The van der Waals surface area contributed by atoms with E-state index in [1.54, 1.807) is 6.07 Å². The molecule has 0 fully saturated rings. The normalized spacial score (nSPS) is 12.4. The molecule has 1 atom stereocenters. The largest absolute Gasteiger partial charge is 0.338 e. The first-order valence-electron chi connectivity index (χ1n) is 6.64. The van der Waals surface area contributed by atoms with Gasteiger partial charge in [-0.1, -0.05) is 33.2 Å². The molecule has 1 aromatic carbocycles. The number of carbonyl (C=O) groups is 1. The summed E-state index contributed by atoms with van der Waals surface area (Å²) < 4.78 is 6.03. The van der Waals surface area contributed by atoms with E-state index >= 15 is 0 Å². The van der Waals surface area contributed by atoms with E-state index in [2.05, 4.69) is 26.4 Å². The Morgan fingerprint density at radius 1 is 1.43 bits per heavy atom. The van der Waals surface area contributed by atoms with Gasteiger partial charge < -0.3 is 4.52 Å². The average molecular weight is 352 g/mol. The molecule has 1 heterocycles. The number of halogens is 1. The van der Waals surface area contributed by atoms with Crippen LogP contribution in [0.3, 0.4) is 0 Å². The standard InChI is InChI=1S/C15H18BrN3O2/c1-10-8-14(21-18-10)17-15(20)11(2)19(3)9-12-4-6-13(16)7-5-12/h4-8,11H,9H2,1-3H3,(H,17,20). The molecule has 1 aromatic heterocycles. The number of benzene rings is 1. The van der Waals surface area contributed by atoms with Crippen LogP contribution in [0.2, 0.25) is 0 Å². The second kappa shape index (κ2) is 6.87. The summed E-state index contributed by atoms with van der Waals surface area (Å²) in [6.45, 7) is 4.36. The van der Waals surface area contributed by atoms with Crippen LogP contribution in [-0.4, -0.2) is 29.1 Å². The predicted octanol–water partition coefficient (Wildman–Crippen LogP) is 3.20. The summed E-state index contributed by atoms with van der Waals surface area (Å²) in [6.07, 6.45) is 0. The summed E-state index contributed by atoms with van der Waals surface area (Å²) >= 11 is 3.41. The Kier molecular flexibility index (Phi) is 5.14. The Balaban J connectivity index is 1.93. The summed E-state index contributed by atoms with van der Waals surface area (Å²) in [4.78, 5) is 14.1. The lowest BCUT2D eigenvalue weighted by Gasteiger charge is -2.23. The van der Waals surface area contributed by atoms with Crippen LogP contribution >= 0.6 is 15.9 Å². The zero-order valence-electron chi connectivity index (χ0n) is 12.3. The van der Waals surface area contributed by atoms with Gasteiger partial charge in [0.2, 0.25) is 11.8 Å². The van der Waals surface area contributed by atoms with Crippen LogP contribution in [0.25, 0.3) is 0 Å². The lowest BCUT2D eigenvalue weighted by atomic mass is 10.2. The van der Waals surface area contributed by atoms with Crippen molar-refractivity contribution in [3.63, 3.8) is 0 Å². The van der Waals surface area contributed by atoms with Gasteiger partial charge in [0.25, 0.3) is 0 Å². The van der Waals surface area contributed by atoms with E-state index in [4.69, 9.17) is 4.52 Å². The zero-order chi connectivity index (χ0) is 15.4. The quantitative estimate of drug-likeness (QED) is 0.898. The number of hydrogen-bond donors (Lipinski definition) is 1. The maximum atomic E-state index is 12.2. The van der Waals surface area contributed by atoms with Gasteiger partial charge in [0.05, 0.1) is 11.7 Å². The first-order chi connectivity index (χ1) is 9.95. The van der Waals surface area contributed by atoms with Crippen LogP contribution in [0.4, 0.5) is 5.88 Å². The molecule has 0 aliphatic carbocycles. The molecule has 0 aliphatic rings. The van der Waals surface area contributed by atoms with Crippen molar-refractivity contribution < 1.29 is 9.32 Å². The molecule has 0 bridgehead atoms. The van der Waals surface area contributed by atoms with Gasteiger partial charge in [0.1, 0.15) is 0 Å². The highest BCUT2D eigenvalue weighted by molar-refractivity contribution is 9.10. The Labute approximate surface area is 132 Å². The molecular formula is C15H18BrN3O2. The fourth-order valence-electron chi connectivity index (χ4n) is 1.86. The van der Waals surface area contributed by atoms with Crippen LogP contribution in [-0.2, 0) is 11.3 Å². The first kappa shape index (κ1) is 15.7. The SMILES string of the molecule is Cc1cc(NC(=O)C(C)N(C)Cc2ccc(Br)cc2)on1. The van der Waals surface area contributed by atoms with Gasteiger partial charge in [-0.3, -0.25) is 15.0 Å². The number of aromatic nitrogens is 1. The molecule has 0 radical (unpaired) electrons. The van der Waals surface area contributed by atoms with Gasteiger partial charge in [-0.15, -0.1) is 0 Å². The van der Waals surface area contributed by atoms with E-state index in [1.807, 2.05) is 50.1 Å². The Hall–Kier alpha value is -1.66. The minimum Gasteiger partial charge on any atom is -0.338 e. The van der Waals surface area contributed by atoms with Gasteiger partial charge in [-0.25, -0.2) is 0 Å². The number of carbonyl (C=O) groups excluding carboxylic acids is 1. The number of hydrogen-bond acceptors (Lipinski definition) is 4. The van der Waals surface area contributed by atoms with Crippen molar-refractivity contribution >= 4 is 27.7 Å². The summed E-state index contributed by atoms with van der Waals surface area (Å²) in [5.41, 5.74) is 1.89. The van der Waals surface area contributed by atoms with Gasteiger partial charge >= 0.3 is 0 Å². The Morgan fingerprint density at radius 3 is 2.67 bits per heavy atom. The molecule has 0 aliphatic heterocycles. The van der Waals surface area contributed by atoms with Crippen LogP contribution in [0.1, 0.15) is 18.2 Å². The minimum atomic E-state index is -0.279. The second-order valence-corrected chi connectivity index (χ2v) is 5.96. The minimum absolute atomic E-state index is 0.120. The molecule has 112 valence electrons. The highest BCUT2D eigenvalue weighted by Gasteiger charge is 2.19. The first-order valence-corrected chi connectivity index (χ1v) is 7.44. The number of amides is 1. The Morgan fingerprint density at radius 2 is 2.10 bits per heavy atom. The van der Waals surface area contributed by atoms with Crippen molar-refractivity contribution in [1.82, 2.24) is 10.1 Å². The molecule has 1 N–H and O–H groups in total. The molecule has 0 saturated carbocycles. The van der Waals surface area contributed by atoms with E-state index in [0.29, 0.717) is 12.4 Å². The van der Waals surface area contributed by atoms with Crippen molar-refractivity contribution in [2.45, 2.75) is 26.4 Å². The third-order valence-electron chi connectivity index (χ3n) is 3.26. The van der Waals surface area contributed by atoms with Crippen molar-refractivity contribution in [1.29, 1.82) is 0 Å². The average Bonchev–Trinajstić information content (AvgIpc) is 2.85. The van der Waals surface area contributed by atoms with E-state index < -0.39 is 0 Å². The number of nitrogens with zero attached hydrogens (tertiary/aromatic N) is 2. The van der Waals surface area contributed by atoms with Crippen molar-refractivity contribution in [2.75, 3.05) is 12.4 Å². The molecule has 2 rings (SSSR count). The molecule has 21 heavy (non-hydrogen) atoms. The summed E-state index contributed by atoms with van der Waals surface area (Å²) in [6, 6.07) is 9.46. The molecule has 2 aromatic rings. The van der Waals surface area contributed by atoms with E-state index in [0.717, 1.165) is 15.7 Å². The topological polar surface area (TPSA) is 58.4 Å². The molecule has 5 nitrogen and oxygen atoms in total. The van der Waals surface area contributed by atoms with E-state index in [-0.39, 0.29) is 11.9 Å². The van der Waals surface area contributed by atoms with Crippen LogP contribution in [0.15, 0.2) is 39.3 Å². The van der Waals surface area contributed by atoms with Crippen LogP contribution in [0.5, 0.6) is 0 Å². The monoisotopic (exact) mass is 351 g/mol. The smallest absolute Gasteiger partial charge is 0.243 e. The number of likely N-dealkylation sites (N-methyl/N-ethyl adjacent to an activating group) is 1. The summed E-state index contributed by atoms with van der Waals surface area (Å²) in [5, 5.41) is 6.46. The lowest BCUT2D eigenvalue weighted by Crippen LogP contribution is -2.39. The van der Waals surface area contributed by atoms with E-state index in [1.165, 1.54) is 0 Å². The lowest BCUT2D eigenvalue weighted by molar-refractivity contribution is -0.120. The van der Waals surface area contributed by atoms with Gasteiger partial charge in [0.15, 0.2) is 0 Å². The molecule has 6 heteroatoms. The van der Waals surface area contributed by atoms with Crippen molar-refractivity contribution in [3.05, 3.63) is 46.1 Å². The van der Waals surface area contributed by atoms with Crippen LogP contribution < -0.4 is 5.32 Å². The van der Waals surface area contributed by atoms with Gasteiger partial charge in [-0.05, 0) is 38.6 Å². The number of aryl methyl sites for hydroxylation is 1. The maximum absolute atomic E-state index is 12.2. The second-order valence-electron chi connectivity index (χ2n) is 5.04. The number of rotatable bonds is 5. The van der Waals surface area contributed by atoms with Crippen molar-refractivity contribution in [3.8, 4) is 0 Å². The molecule has 0 spiro atoms. The predicted molar refractivity (Wildman–Crippen MR) is 84.9 cm³/mol. The molecule has 0 saturated heterocycles. The fraction of sp³-hybridized carbons (Fsp3) is 0.333. The zero-order valence-corrected chi connectivity index (χ0v) is 13.8. The summed E-state index contributed by atoms with van der Waals surface area (Å²) in [7, 11) is 1.91. The van der Waals surface area contributed by atoms with E-state index in [9.17, 15) is 4.79 Å². The molecule has 1 amide bonds. The molecule has 1 unspecified atom stereocenters. The molecular weight excluding hydrogens is 334 g/mol. The van der Waals surface area contributed by atoms with Gasteiger partial charge in [0, 0.05) is 17.1 Å². The summed E-state index contributed by atoms with van der Waals surface area (Å²) in [5.74, 6) is 0.257. The highest BCUT2D eigenvalue weighted by atomic mass is 79.9. The number of anilines is 1. The highest BCUT2D eigenvalue weighted by Crippen LogP contribution is 2.14. The Bertz CT molecular complexity index is 610. The van der Waals surface area contributed by atoms with Gasteiger partial charge in [-0.2, -0.15) is 0 Å². The van der Waals surface area contributed by atoms with Crippen molar-refractivity contribution in [2.24, 2.45) is 0 Å². The number of nitrogens with one attached hydrogen (secondary N) is 1. The third-order valence-corrected chi connectivity index (χ3v) is 3.79.